The molecule has 9 heteroatoms. The lowest BCUT2D eigenvalue weighted by Gasteiger charge is -2.26. The quantitative estimate of drug-likeness (QED) is 0.593. The van der Waals surface area contributed by atoms with Gasteiger partial charge in [0.1, 0.15) is 0 Å². The minimum absolute atomic E-state index is 0. The van der Waals surface area contributed by atoms with E-state index in [0.717, 1.165) is 18.5 Å². The summed E-state index contributed by atoms with van der Waals surface area (Å²) >= 11 is 0. The van der Waals surface area contributed by atoms with Gasteiger partial charge in [-0.3, -0.25) is 4.79 Å². The topological polar surface area (TPSA) is 87.7 Å². The second kappa shape index (κ2) is 11.5. The van der Waals surface area contributed by atoms with E-state index in [1.165, 1.54) is 4.31 Å². The van der Waals surface area contributed by atoms with Crippen molar-refractivity contribution in [3.63, 3.8) is 0 Å². The molecule has 26 heavy (non-hydrogen) atoms. The maximum atomic E-state index is 12.5. The van der Waals surface area contributed by atoms with Gasteiger partial charge in [-0.2, -0.15) is 4.31 Å². The van der Waals surface area contributed by atoms with Crippen LogP contribution in [0.4, 0.5) is 0 Å². The van der Waals surface area contributed by atoms with E-state index in [1.807, 2.05) is 7.05 Å². The van der Waals surface area contributed by atoms with Crippen LogP contribution in [0.2, 0.25) is 0 Å². The Balaban J connectivity index is 0.00000338. The number of benzene rings is 1. The maximum Gasteiger partial charge on any atom is 0.243 e. The smallest absolute Gasteiger partial charge is 0.243 e. The van der Waals surface area contributed by atoms with Gasteiger partial charge in [-0.15, -0.1) is 12.4 Å². The Morgan fingerprint density at radius 1 is 1.15 bits per heavy atom. The van der Waals surface area contributed by atoms with Gasteiger partial charge in [0.05, 0.1) is 18.1 Å². The summed E-state index contributed by atoms with van der Waals surface area (Å²) in [5.41, 5.74) is 0.950. The van der Waals surface area contributed by atoms with Crippen molar-refractivity contribution in [2.24, 2.45) is 0 Å². The summed E-state index contributed by atoms with van der Waals surface area (Å²) in [5.74, 6) is 0.0149. The van der Waals surface area contributed by atoms with E-state index in [4.69, 9.17) is 4.74 Å². The van der Waals surface area contributed by atoms with Gasteiger partial charge in [0.2, 0.25) is 15.9 Å². The van der Waals surface area contributed by atoms with Crippen molar-refractivity contribution in [1.82, 2.24) is 14.9 Å². The van der Waals surface area contributed by atoms with Gasteiger partial charge in [-0.05, 0) is 44.1 Å². The molecule has 0 radical (unpaired) electrons. The molecule has 1 aromatic carbocycles. The molecule has 1 aromatic rings. The predicted molar refractivity (Wildman–Crippen MR) is 103 cm³/mol. The molecular weight excluding hydrogens is 378 g/mol. The molecule has 0 unspecified atom stereocenters. The number of morpholine rings is 1. The molecule has 1 aliphatic heterocycles. The lowest BCUT2D eigenvalue weighted by atomic mass is 10.1. The van der Waals surface area contributed by atoms with E-state index in [-0.39, 0.29) is 23.2 Å². The molecular formula is C17H28ClN3O4S. The lowest BCUT2D eigenvalue weighted by molar-refractivity contribution is -0.121. The second-order valence-electron chi connectivity index (χ2n) is 5.97. The van der Waals surface area contributed by atoms with Crippen LogP contribution < -0.4 is 10.6 Å². The number of halogens is 1. The average Bonchev–Trinajstić information content (AvgIpc) is 2.64. The molecule has 1 aliphatic rings. The number of rotatable bonds is 9. The van der Waals surface area contributed by atoms with Crippen LogP contribution in [-0.4, -0.2) is 65.1 Å². The number of carbonyl (C=O) groups is 1. The van der Waals surface area contributed by atoms with Gasteiger partial charge in [-0.25, -0.2) is 8.42 Å². The van der Waals surface area contributed by atoms with Gasteiger partial charge in [0, 0.05) is 26.1 Å². The molecule has 0 aliphatic carbocycles. The molecule has 0 saturated carbocycles. The third kappa shape index (κ3) is 6.85. The van der Waals surface area contributed by atoms with Crippen LogP contribution in [0.15, 0.2) is 29.2 Å². The summed E-state index contributed by atoms with van der Waals surface area (Å²) < 4.78 is 31.7. The summed E-state index contributed by atoms with van der Waals surface area (Å²) in [4.78, 5) is 12.1. The summed E-state index contributed by atoms with van der Waals surface area (Å²) in [6, 6.07) is 6.79. The molecule has 2 N–H and O–H groups in total. The molecule has 0 aromatic heterocycles. The Morgan fingerprint density at radius 2 is 1.81 bits per heavy atom. The first-order valence-corrected chi connectivity index (χ1v) is 10.1. The number of carbonyl (C=O) groups excluding carboxylic acids is 1. The van der Waals surface area contributed by atoms with Gasteiger partial charge in [0.15, 0.2) is 0 Å². The number of aryl methyl sites for hydroxylation is 1. The maximum absolute atomic E-state index is 12.5. The van der Waals surface area contributed by atoms with Gasteiger partial charge in [-0.1, -0.05) is 12.1 Å². The number of amides is 1. The highest BCUT2D eigenvalue weighted by Crippen LogP contribution is 2.18. The molecule has 0 bridgehead atoms. The van der Waals surface area contributed by atoms with Crippen LogP contribution in [0.3, 0.4) is 0 Å². The first kappa shape index (κ1) is 22.9. The third-order valence-electron chi connectivity index (χ3n) is 4.10. The predicted octanol–water partition coefficient (Wildman–Crippen LogP) is 0.788. The average molecular weight is 406 g/mol. The number of nitrogens with zero attached hydrogens (tertiary/aromatic N) is 1. The van der Waals surface area contributed by atoms with Crippen LogP contribution in [0, 0.1) is 0 Å². The highest BCUT2D eigenvalue weighted by atomic mass is 35.5. The number of hydrogen-bond donors (Lipinski definition) is 2. The molecule has 1 amide bonds. The van der Waals surface area contributed by atoms with Crippen molar-refractivity contribution in [2.75, 3.05) is 46.4 Å². The SMILES string of the molecule is CNCCCNC(=O)CCc1ccc(S(=O)(=O)N2CCOCC2)cc1.Cl. The number of nitrogens with one attached hydrogen (secondary N) is 2. The summed E-state index contributed by atoms with van der Waals surface area (Å²) in [6.07, 6.45) is 1.89. The Kier molecular flexibility index (Phi) is 10.1. The van der Waals surface area contributed by atoms with E-state index in [2.05, 4.69) is 10.6 Å². The van der Waals surface area contributed by atoms with Crippen LogP contribution in [-0.2, 0) is 26.0 Å². The minimum Gasteiger partial charge on any atom is -0.379 e. The van der Waals surface area contributed by atoms with Gasteiger partial charge >= 0.3 is 0 Å². The molecule has 1 saturated heterocycles. The Bertz CT molecular complexity index is 646. The number of ether oxygens (including phenoxy) is 1. The fourth-order valence-corrected chi connectivity index (χ4v) is 4.01. The first-order chi connectivity index (χ1) is 12.0. The zero-order valence-electron chi connectivity index (χ0n) is 15.1. The second-order valence-corrected chi connectivity index (χ2v) is 7.91. The number of sulfonamides is 1. The molecule has 2 rings (SSSR count). The summed E-state index contributed by atoms with van der Waals surface area (Å²) in [5, 5.41) is 5.90. The van der Waals surface area contributed by atoms with E-state index in [9.17, 15) is 13.2 Å². The van der Waals surface area contributed by atoms with Crippen LogP contribution in [0.5, 0.6) is 0 Å². The van der Waals surface area contributed by atoms with Crippen LogP contribution in [0.25, 0.3) is 0 Å². The van der Waals surface area contributed by atoms with Crippen LogP contribution in [0.1, 0.15) is 18.4 Å². The van der Waals surface area contributed by atoms with Crippen molar-refractivity contribution in [1.29, 1.82) is 0 Å². The van der Waals surface area contributed by atoms with Gasteiger partial charge < -0.3 is 15.4 Å². The minimum atomic E-state index is -3.46. The molecule has 1 heterocycles. The zero-order chi connectivity index (χ0) is 18.1. The largest absolute Gasteiger partial charge is 0.379 e. The van der Waals surface area contributed by atoms with Crippen LogP contribution >= 0.6 is 12.4 Å². The van der Waals surface area contributed by atoms with Crippen molar-refractivity contribution in [2.45, 2.75) is 24.2 Å². The summed E-state index contributed by atoms with van der Waals surface area (Å²) in [7, 11) is -1.58. The monoisotopic (exact) mass is 405 g/mol. The van der Waals surface area contributed by atoms with E-state index in [0.29, 0.717) is 45.7 Å². The number of hydrogen-bond acceptors (Lipinski definition) is 5. The van der Waals surface area contributed by atoms with Crippen molar-refractivity contribution >= 4 is 28.3 Å². The van der Waals surface area contributed by atoms with Crippen molar-refractivity contribution < 1.29 is 17.9 Å². The standard InChI is InChI=1S/C17H27N3O4S.ClH/c1-18-9-2-10-19-17(21)8-5-15-3-6-16(7-4-15)25(22,23)20-11-13-24-14-12-20;/h3-4,6-7,18H,2,5,8-14H2,1H3,(H,19,21);1H. The lowest BCUT2D eigenvalue weighted by Crippen LogP contribution is -2.40. The molecule has 148 valence electrons. The van der Waals surface area contributed by atoms with E-state index >= 15 is 0 Å². The van der Waals surface area contributed by atoms with Gasteiger partial charge in [0.25, 0.3) is 0 Å². The highest BCUT2D eigenvalue weighted by molar-refractivity contribution is 7.89. The fourth-order valence-electron chi connectivity index (χ4n) is 2.60. The third-order valence-corrected chi connectivity index (χ3v) is 6.01. The highest BCUT2D eigenvalue weighted by Gasteiger charge is 2.25. The van der Waals surface area contributed by atoms with Crippen molar-refractivity contribution in [3.8, 4) is 0 Å². The zero-order valence-corrected chi connectivity index (χ0v) is 16.7. The fraction of sp³-hybridized carbons (Fsp3) is 0.588. The molecule has 7 nitrogen and oxygen atoms in total. The Labute approximate surface area is 161 Å². The Hall–Kier alpha value is -1.19. The summed E-state index contributed by atoms with van der Waals surface area (Å²) in [6.45, 7) is 3.17. The van der Waals surface area contributed by atoms with E-state index < -0.39 is 10.0 Å². The first-order valence-electron chi connectivity index (χ1n) is 8.62. The molecule has 0 spiro atoms. The normalized spacial score (nSPS) is 15.3. The Morgan fingerprint density at radius 3 is 2.42 bits per heavy atom. The molecule has 0 atom stereocenters. The molecule has 1 fully saturated rings. The van der Waals surface area contributed by atoms with Crippen molar-refractivity contribution in [3.05, 3.63) is 29.8 Å². The van der Waals surface area contributed by atoms with E-state index in [1.54, 1.807) is 24.3 Å².